The normalized spacial score (nSPS) is 18.3. The van der Waals surface area contributed by atoms with E-state index in [-0.39, 0.29) is 30.6 Å². The lowest BCUT2D eigenvalue weighted by atomic mass is 9.83. The summed E-state index contributed by atoms with van der Waals surface area (Å²) in [4.78, 5) is 26.1. The summed E-state index contributed by atoms with van der Waals surface area (Å²) in [5.74, 6) is 1.87. The highest BCUT2D eigenvalue weighted by Crippen LogP contribution is 2.36. The van der Waals surface area contributed by atoms with Crippen LogP contribution < -0.4 is 5.32 Å². The first-order chi connectivity index (χ1) is 15.6. The zero-order valence-corrected chi connectivity index (χ0v) is 17.8. The molecule has 1 fully saturated rings. The Labute approximate surface area is 188 Å². The Morgan fingerprint density at radius 3 is 2.00 bits per heavy atom. The van der Waals surface area contributed by atoms with E-state index >= 15 is 0 Å². The largest absolute Gasteiger partial charge is 0.385 e. The minimum atomic E-state index is -1.18. The van der Waals surface area contributed by atoms with E-state index in [1.807, 2.05) is 96.9 Å². The zero-order valence-electron chi connectivity index (χ0n) is 17.8. The predicted molar refractivity (Wildman–Crippen MR) is 124 cm³/mol. The van der Waals surface area contributed by atoms with Gasteiger partial charge >= 0.3 is 6.03 Å². The summed E-state index contributed by atoms with van der Waals surface area (Å²) in [6.07, 6.45) is 0.394. The smallest absolute Gasteiger partial charge is 0.322 e. The highest BCUT2D eigenvalue weighted by Gasteiger charge is 2.39. The van der Waals surface area contributed by atoms with Gasteiger partial charge in [0.25, 0.3) is 0 Å². The number of hydrogen-bond acceptors (Lipinski definition) is 3. The van der Waals surface area contributed by atoms with Gasteiger partial charge in [0.1, 0.15) is 11.6 Å². The number of nitrogens with one attached hydrogen (secondary N) is 1. The molecule has 0 saturated carbocycles. The van der Waals surface area contributed by atoms with Crippen molar-refractivity contribution in [2.75, 3.05) is 13.1 Å². The van der Waals surface area contributed by atoms with Crippen LogP contribution in [0.25, 0.3) is 0 Å². The molecule has 1 unspecified atom stereocenters. The highest BCUT2D eigenvalue weighted by molar-refractivity contribution is 5.79. The Kier molecular flexibility index (Phi) is 6.50. The summed E-state index contributed by atoms with van der Waals surface area (Å²) < 4.78 is 0. The van der Waals surface area contributed by atoms with E-state index in [1.54, 1.807) is 0 Å². The van der Waals surface area contributed by atoms with Gasteiger partial charge in [-0.15, -0.1) is 0 Å². The minimum Gasteiger partial charge on any atom is -0.385 e. The van der Waals surface area contributed by atoms with E-state index in [4.69, 9.17) is 0 Å². The summed E-state index contributed by atoms with van der Waals surface area (Å²) in [5, 5.41) is 14.1. The molecule has 0 radical (unpaired) electrons. The first kappa shape index (κ1) is 21.6. The lowest BCUT2D eigenvalue weighted by Crippen LogP contribution is -2.48. The van der Waals surface area contributed by atoms with Crippen LogP contribution in [0.1, 0.15) is 35.4 Å². The van der Waals surface area contributed by atoms with Crippen molar-refractivity contribution < 1.29 is 14.7 Å². The summed E-state index contributed by atoms with van der Waals surface area (Å²) >= 11 is 0. The third-order valence-corrected chi connectivity index (χ3v) is 6.07. The van der Waals surface area contributed by atoms with Gasteiger partial charge in [0.15, 0.2) is 0 Å². The maximum atomic E-state index is 13.0. The number of likely N-dealkylation sites (tertiary alicyclic amines) is 1. The van der Waals surface area contributed by atoms with E-state index in [9.17, 15) is 14.7 Å². The van der Waals surface area contributed by atoms with E-state index < -0.39 is 5.60 Å². The van der Waals surface area contributed by atoms with Gasteiger partial charge < -0.3 is 10.4 Å². The van der Waals surface area contributed by atoms with Crippen LogP contribution in [0.4, 0.5) is 4.79 Å². The standard InChI is InChI=1S/C27H26N2O3/c30-20-24-18-27(32,23-14-8-3-9-15-23)16-17-29(24)26(31)28-19-25(21-10-4-1-5-11-21)22-12-6-2-7-13-22/h1-15,25,32H,16-19H2,(H,28,31). The van der Waals surface area contributed by atoms with Crippen LogP contribution >= 0.6 is 0 Å². The van der Waals surface area contributed by atoms with E-state index in [0.717, 1.165) is 16.7 Å². The number of urea groups is 1. The Morgan fingerprint density at radius 2 is 1.47 bits per heavy atom. The molecule has 162 valence electrons. The van der Waals surface area contributed by atoms with Gasteiger partial charge in [-0.2, -0.15) is 0 Å². The molecular formula is C27H26N2O3. The van der Waals surface area contributed by atoms with Crippen molar-refractivity contribution in [3.63, 3.8) is 0 Å². The number of rotatable bonds is 5. The van der Waals surface area contributed by atoms with E-state index in [0.29, 0.717) is 13.0 Å². The molecule has 32 heavy (non-hydrogen) atoms. The predicted octanol–water partition coefficient (Wildman–Crippen LogP) is 4.23. The fraction of sp³-hybridized carbons (Fsp3) is 0.222. The Bertz CT molecular complexity index is 1060. The fourth-order valence-electron chi connectivity index (χ4n) is 4.29. The van der Waals surface area contributed by atoms with E-state index in [2.05, 4.69) is 5.32 Å². The molecule has 3 aromatic rings. The zero-order chi connectivity index (χ0) is 22.4. The lowest BCUT2D eigenvalue weighted by molar-refractivity contribution is 0.000553. The third kappa shape index (κ3) is 4.65. The van der Waals surface area contributed by atoms with Gasteiger partial charge in [-0.05, 0) is 23.1 Å². The van der Waals surface area contributed by atoms with Gasteiger partial charge in [-0.1, -0.05) is 91.0 Å². The second kappa shape index (κ2) is 9.65. The minimum absolute atomic E-state index is 0.0175. The van der Waals surface area contributed by atoms with Gasteiger partial charge in [0.05, 0.1) is 5.60 Å². The maximum absolute atomic E-state index is 13.0. The quantitative estimate of drug-likeness (QED) is 0.600. The molecular weight excluding hydrogens is 400 g/mol. The van der Waals surface area contributed by atoms with Crippen LogP contribution in [-0.2, 0) is 10.4 Å². The molecule has 5 heteroatoms. The van der Waals surface area contributed by atoms with Crippen LogP contribution in [0.2, 0.25) is 0 Å². The number of carbonyl (C=O) groups is 1. The van der Waals surface area contributed by atoms with Crippen molar-refractivity contribution in [3.8, 4) is 0 Å². The van der Waals surface area contributed by atoms with Crippen LogP contribution in [0.3, 0.4) is 0 Å². The second-order valence-electron chi connectivity index (χ2n) is 8.08. The molecule has 1 heterocycles. The molecule has 3 aromatic carbocycles. The van der Waals surface area contributed by atoms with Crippen molar-refractivity contribution in [1.29, 1.82) is 0 Å². The highest BCUT2D eigenvalue weighted by atomic mass is 16.3. The molecule has 1 saturated heterocycles. The third-order valence-electron chi connectivity index (χ3n) is 6.07. The van der Waals surface area contributed by atoms with Crippen LogP contribution in [0, 0.1) is 0 Å². The summed E-state index contributed by atoms with van der Waals surface area (Å²) in [6, 6.07) is 28.9. The molecule has 0 aliphatic carbocycles. The fourth-order valence-corrected chi connectivity index (χ4v) is 4.29. The number of nitrogens with zero attached hydrogens (tertiary/aromatic N) is 1. The number of amides is 2. The Hall–Kier alpha value is -3.66. The van der Waals surface area contributed by atoms with Gasteiger partial charge in [-0.3, -0.25) is 4.90 Å². The summed E-state index contributed by atoms with van der Waals surface area (Å²) in [6.45, 7) is 0.627. The molecule has 5 nitrogen and oxygen atoms in total. The molecule has 0 bridgehead atoms. The Balaban J connectivity index is 1.48. The molecule has 0 aromatic heterocycles. The van der Waals surface area contributed by atoms with Crippen LogP contribution in [0.5, 0.6) is 0 Å². The molecule has 1 atom stereocenters. The molecule has 1 aliphatic rings. The SMILES string of the molecule is O=C=C1CC(O)(c2ccccc2)CCN1C(=O)NCC(c1ccccc1)c1ccccc1. The van der Waals surface area contributed by atoms with Crippen molar-refractivity contribution >= 4 is 12.0 Å². The van der Waals surface area contributed by atoms with E-state index in [1.165, 1.54) is 4.90 Å². The topological polar surface area (TPSA) is 69.6 Å². The molecule has 0 spiro atoms. The maximum Gasteiger partial charge on any atom is 0.322 e. The number of aliphatic hydroxyl groups is 1. The second-order valence-corrected chi connectivity index (χ2v) is 8.08. The molecule has 2 amide bonds. The number of hydrogen-bond donors (Lipinski definition) is 2. The molecule has 1 aliphatic heterocycles. The molecule has 2 N–H and O–H groups in total. The number of carbonyl (C=O) groups excluding carboxylic acids is 2. The van der Waals surface area contributed by atoms with Crippen molar-refractivity contribution in [1.82, 2.24) is 10.2 Å². The van der Waals surface area contributed by atoms with Crippen molar-refractivity contribution in [3.05, 3.63) is 113 Å². The lowest BCUT2D eigenvalue weighted by Gasteiger charge is -2.38. The van der Waals surface area contributed by atoms with Gasteiger partial charge in [0.2, 0.25) is 0 Å². The number of benzene rings is 3. The average Bonchev–Trinajstić information content (AvgIpc) is 2.86. The Morgan fingerprint density at radius 1 is 0.938 bits per heavy atom. The summed E-state index contributed by atoms with van der Waals surface area (Å²) in [7, 11) is 0. The van der Waals surface area contributed by atoms with Gasteiger partial charge in [-0.25, -0.2) is 9.59 Å². The first-order valence-electron chi connectivity index (χ1n) is 10.8. The van der Waals surface area contributed by atoms with Crippen LogP contribution in [-0.4, -0.2) is 35.1 Å². The van der Waals surface area contributed by atoms with Gasteiger partial charge in [0, 0.05) is 25.4 Å². The summed E-state index contributed by atoms with van der Waals surface area (Å²) in [5.41, 5.74) is 1.92. The monoisotopic (exact) mass is 426 g/mol. The number of piperidine rings is 1. The van der Waals surface area contributed by atoms with Crippen molar-refractivity contribution in [2.24, 2.45) is 0 Å². The van der Waals surface area contributed by atoms with Crippen LogP contribution in [0.15, 0.2) is 96.7 Å². The molecule has 4 rings (SSSR count). The first-order valence-corrected chi connectivity index (χ1v) is 10.8. The average molecular weight is 427 g/mol. The van der Waals surface area contributed by atoms with Crippen molar-refractivity contribution in [2.45, 2.75) is 24.4 Å².